The molecule has 0 bridgehead atoms. The van der Waals surface area contributed by atoms with E-state index in [4.69, 9.17) is 16.3 Å². The topological polar surface area (TPSA) is 47.0 Å². The fourth-order valence-corrected chi connectivity index (χ4v) is 1.88. The Hall–Kier alpha value is -1.81. The summed E-state index contributed by atoms with van der Waals surface area (Å²) >= 11 is 6.03. The molecule has 0 spiro atoms. The molecule has 0 saturated heterocycles. The van der Waals surface area contributed by atoms with E-state index in [0.717, 1.165) is 30.0 Å². The molecule has 5 heteroatoms. The van der Waals surface area contributed by atoms with Crippen LogP contribution in [0.4, 0.5) is 5.95 Å². The second kappa shape index (κ2) is 6.38. The quantitative estimate of drug-likeness (QED) is 0.907. The van der Waals surface area contributed by atoms with Gasteiger partial charge in [-0.3, -0.25) is 0 Å². The van der Waals surface area contributed by atoms with E-state index in [1.807, 2.05) is 18.2 Å². The Bertz CT molecular complexity index is 560. The molecule has 1 N–H and O–H groups in total. The van der Waals surface area contributed by atoms with Crippen LogP contribution in [0.3, 0.4) is 0 Å². The first-order valence-electron chi connectivity index (χ1n) is 6.15. The number of halogens is 1. The third kappa shape index (κ3) is 3.35. The van der Waals surface area contributed by atoms with Gasteiger partial charge in [0.2, 0.25) is 5.95 Å². The molecule has 1 aromatic heterocycles. The molecule has 0 aliphatic rings. The lowest BCUT2D eigenvalue weighted by Gasteiger charge is -2.09. The first-order chi connectivity index (χ1) is 9.24. The van der Waals surface area contributed by atoms with Gasteiger partial charge in [0.25, 0.3) is 0 Å². The van der Waals surface area contributed by atoms with Gasteiger partial charge in [-0.1, -0.05) is 18.5 Å². The molecule has 1 aromatic carbocycles. The number of nitrogens with zero attached hydrogens (tertiary/aromatic N) is 2. The van der Waals surface area contributed by atoms with Gasteiger partial charge >= 0.3 is 0 Å². The Morgan fingerprint density at radius 2 is 2.16 bits per heavy atom. The van der Waals surface area contributed by atoms with Crippen molar-refractivity contribution in [3.8, 4) is 17.0 Å². The van der Waals surface area contributed by atoms with Crippen LogP contribution in [0.15, 0.2) is 30.5 Å². The Morgan fingerprint density at radius 3 is 2.89 bits per heavy atom. The molecule has 1 heterocycles. The summed E-state index contributed by atoms with van der Waals surface area (Å²) in [6, 6.07) is 7.30. The van der Waals surface area contributed by atoms with Crippen LogP contribution in [-0.4, -0.2) is 23.6 Å². The summed E-state index contributed by atoms with van der Waals surface area (Å²) in [5.74, 6) is 1.35. The molecule has 0 amide bonds. The lowest BCUT2D eigenvalue weighted by atomic mass is 10.1. The van der Waals surface area contributed by atoms with Crippen molar-refractivity contribution in [1.29, 1.82) is 0 Å². The van der Waals surface area contributed by atoms with Gasteiger partial charge in [-0.2, -0.15) is 0 Å². The maximum absolute atomic E-state index is 6.03. The van der Waals surface area contributed by atoms with Crippen molar-refractivity contribution in [3.63, 3.8) is 0 Å². The number of benzene rings is 1. The summed E-state index contributed by atoms with van der Waals surface area (Å²) < 4.78 is 5.34. The van der Waals surface area contributed by atoms with Crippen LogP contribution >= 0.6 is 11.6 Å². The number of methoxy groups -OCH3 is 1. The van der Waals surface area contributed by atoms with Gasteiger partial charge in [0.1, 0.15) is 5.75 Å². The number of aromatic nitrogens is 2. The highest BCUT2D eigenvalue weighted by Gasteiger charge is 2.09. The van der Waals surface area contributed by atoms with Gasteiger partial charge in [-0.05, 0) is 30.7 Å². The van der Waals surface area contributed by atoms with Crippen molar-refractivity contribution < 1.29 is 4.74 Å². The van der Waals surface area contributed by atoms with Gasteiger partial charge in [0.15, 0.2) is 0 Å². The monoisotopic (exact) mass is 277 g/mol. The first-order valence-corrected chi connectivity index (χ1v) is 6.53. The standard InChI is InChI=1S/C14H16ClN3O/c1-3-7-16-14-17-8-6-12(18-14)11-9-10(15)4-5-13(11)19-2/h4-6,8-9H,3,7H2,1-2H3,(H,16,17,18). The molecule has 19 heavy (non-hydrogen) atoms. The molecular weight excluding hydrogens is 262 g/mol. The summed E-state index contributed by atoms with van der Waals surface area (Å²) in [6.45, 7) is 2.94. The SMILES string of the molecule is CCCNc1nccc(-c2cc(Cl)ccc2OC)n1. The smallest absolute Gasteiger partial charge is 0.223 e. The summed E-state index contributed by atoms with van der Waals surface area (Å²) in [7, 11) is 1.63. The van der Waals surface area contributed by atoms with Gasteiger partial charge < -0.3 is 10.1 Å². The number of nitrogens with one attached hydrogen (secondary N) is 1. The third-order valence-electron chi connectivity index (χ3n) is 2.63. The molecular formula is C14H16ClN3O. The molecule has 0 unspecified atom stereocenters. The molecule has 4 nitrogen and oxygen atoms in total. The summed E-state index contributed by atoms with van der Waals surface area (Å²) in [5, 5.41) is 3.81. The largest absolute Gasteiger partial charge is 0.496 e. The Balaban J connectivity index is 2.38. The minimum atomic E-state index is 0.612. The summed E-state index contributed by atoms with van der Waals surface area (Å²) in [6.07, 6.45) is 2.74. The van der Waals surface area contributed by atoms with Crippen molar-refractivity contribution in [1.82, 2.24) is 9.97 Å². The van der Waals surface area contributed by atoms with Gasteiger partial charge in [0.05, 0.1) is 12.8 Å². The van der Waals surface area contributed by atoms with Crippen LogP contribution in [0, 0.1) is 0 Å². The normalized spacial score (nSPS) is 10.3. The number of hydrogen-bond acceptors (Lipinski definition) is 4. The summed E-state index contributed by atoms with van der Waals surface area (Å²) in [5.41, 5.74) is 1.64. The highest BCUT2D eigenvalue weighted by molar-refractivity contribution is 6.30. The maximum atomic E-state index is 6.03. The predicted octanol–water partition coefficient (Wildman–Crippen LogP) is 3.63. The first kappa shape index (κ1) is 13.6. The number of ether oxygens (including phenoxy) is 1. The zero-order valence-corrected chi connectivity index (χ0v) is 11.7. The number of rotatable bonds is 5. The van der Waals surface area contributed by atoms with E-state index in [1.54, 1.807) is 19.4 Å². The molecule has 0 saturated carbocycles. The van der Waals surface area contributed by atoms with Crippen LogP contribution in [0.25, 0.3) is 11.3 Å². The average Bonchev–Trinajstić information content (AvgIpc) is 2.45. The highest BCUT2D eigenvalue weighted by atomic mass is 35.5. The van der Waals surface area contributed by atoms with Crippen molar-refractivity contribution >= 4 is 17.5 Å². The van der Waals surface area contributed by atoms with Gasteiger partial charge in [-0.25, -0.2) is 9.97 Å². The Kier molecular flexibility index (Phi) is 4.58. The zero-order valence-electron chi connectivity index (χ0n) is 11.0. The van der Waals surface area contributed by atoms with E-state index in [9.17, 15) is 0 Å². The van der Waals surface area contributed by atoms with Crippen LogP contribution in [0.1, 0.15) is 13.3 Å². The molecule has 0 aliphatic carbocycles. The number of anilines is 1. The van der Waals surface area contributed by atoms with Gasteiger partial charge in [-0.15, -0.1) is 0 Å². The minimum Gasteiger partial charge on any atom is -0.496 e. The summed E-state index contributed by atoms with van der Waals surface area (Å²) in [4.78, 5) is 8.65. The average molecular weight is 278 g/mol. The Labute approximate surface area is 117 Å². The van der Waals surface area contributed by atoms with Gasteiger partial charge in [0, 0.05) is 23.3 Å². The number of hydrogen-bond donors (Lipinski definition) is 1. The zero-order chi connectivity index (χ0) is 13.7. The minimum absolute atomic E-state index is 0.612. The third-order valence-corrected chi connectivity index (χ3v) is 2.86. The maximum Gasteiger partial charge on any atom is 0.223 e. The predicted molar refractivity (Wildman–Crippen MR) is 77.8 cm³/mol. The van der Waals surface area contributed by atoms with E-state index in [1.165, 1.54) is 0 Å². The van der Waals surface area contributed by atoms with Crippen molar-refractivity contribution in [2.24, 2.45) is 0 Å². The van der Waals surface area contributed by atoms with Crippen molar-refractivity contribution in [2.75, 3.05) is 19.0 Å². The van der Waals surface area contributed by atoms with Crippen LogP contribution in [0.2, 0.25) is 5.02 Å². The second-order valence-electron chi connectivity index (χ2n) is 4.04. The lowest BCUT2D eigenvalue weighted by molar-refractivity contribution is 0.416. The second-order valence-corrected chi connectivity index (χ2v) is 4.47. The van der Waals surface area contributed by atoms with E-state index in [0.29, 0.717) is 11.0 Å². The van der Waals surface area contributed by atoms with Crippen LogP contribution in [-0.2, 0) is 0 Å². The highest BCUT2D eigenvalue weighted by Crippen LogP contribution is 2.31. The molecule has 0 radical (unpaired) electrons. The lowest BCUT2D eigenvalue weighted by Crippen LogP contribution is -2.04. The molecule has 0 aliphatic heterocycles. The van der Waals surface area contributed by atoms with E-state index in [-0.39, 0.29) is 0 Å². The van der Waals surface area contributed by atoms with Crippen LogP contribution < -0.4 is 10.1 Å². The van der Waals surface area contributed by atoms with Crippen molar-refractivity contribution in [3.05, 3.63) is 35.5 Å². The van der Waals surface area contributed by atoms with E-state index >= 15 is 0 Å². The van der Waals surface area contributed by atoms with Crippen molar-refractivity contribution in [2.45, 2.75) is 13.3 Å². The fraction of sp³-hybridized carbons (Fsp3) is 0.286. The molecule has 2 aromatic rings. The van der Waals surface area contributed by atoms with Crippen LogP contribution in [0.5, 0.6) is 5.75 Å². The Morgan fingerprint density at radius 1 is 1.32 bits per heavy atom. The van der Waals surface area contributed by atoms with E-state index < -0.39 is 0 Å². The molecule has 100 valence electrons. The fourth-order valence-electron chi connectivity index (χ4n) is 1.71. The molecule has 2 rings (SSSR count). The molecule has 0 fully saturated rings. The van der Waals surface area contributed by atoms with E-state index in [2.05, 4.69) is 22.2 Å². The molecule has 0 atom stereocenters.